The summed E-state index contributed by atoms with van der Waals surface area (Å²) in [7, 11) is 0. The standard InChI is InChI=1S/C25H19FN2O4S/c26-19-10-6-17(7-11-19)16-22-24(30)28(25(31)33-22)15-14-27-23(29)18-8-12-21(13-9-18)32-20-4-2-1-3-5-20/h1-13,16H,14-15H2,(H,27,29)/b22-16-. The van der Waals surface area contributed by atoms with Crippen LogP contribution in [0.15, 0.2) is 83.8 Å². The molecule has 4 rings (SSSR count). The van der Waals surface area contributed by atoms with E-state index in [2.05, 4.69) is 5.32 Å². The topological polar surface area (TPSA) is 75.7 Å². The van der Waals surface area contributed by atoms with Gasteiger partial charge in [0.1, 0.15) is 17.3 Å². The molecule has 0 saturated carbocycles. The van der Waals surface area contributed by atoms with Gasteiger partial charge in [0.25, 0.3) is 17.1 Å². The number of hydrogen-bond donors (Lipinski definition) is 1. The van der Waals surface area contributed by atoms with Crippen molar-refractivity contribution in [3.8, 4) is 11.5 Å². The summed E-state index contributed by atoms with van der Waals surface area (Å²) in [5, 5.41) is 2.30. The number of ether oxygens (including phenoxy) is 1. The number of amides is 3. The molecule has 3 aromatic rings. The molecule has 1 N–H and O–H groups in total. The molecule has 0 aromatic heterocycles. The number of nitrogens with one attached hydrogen (secondary N) is 1. The Hall–Kier alpha value is -3.91. The summed E-state index contributed by atoms with van der Waals surface area (Å²) in [5.41, 5.74) is 1.05. The van der Waals surface area contributed by atoms with Crippen LogP contribution in [0.3, 0.4) is 0 Å². The first-order chi connectivity index (χ1) is 16.0. The van der Waals surface area contributed by atoms with E-state index in [-0.39, 0.29) is 29.7 Å². The molecule has 1 saturated heterocycles. The van der Waals surface area contributed by atoms with Crippen molar-refractivity contribution in [3.05, 3.63) is 101 Å². The number of carbonyl (C=O) groups is 3. The average molecular weight is 463 g/mol. The number of benzene rings is 3. The van der Waals surface area contributed by atoms with Crippen LogP contribution in [-0.4, -0.2) is 35.0 Å². The number of halogens is 1. The van der Waals surface area contributed by atoms with Gasteiger partial charge in [-0.1, -0.05) is 30.3 Å². The van der Waals surface area contributed by atoms with Crippen LogP contribution in [0.25, 0.3) is 6.08 Å². The highest BCUT2D eigenvalue weighted by molar-refractivity contribution is 8.18. The van der Waals surface area contributed by atoms with Gasteiger partial charge in [0.15, 0.2) is 0 Å². The Morgan fingerprint density at radius 3 is 2.30 bits per heavy atom. The van der Waals surface area contributed by atoms with Crippen LogP contribution in [0.5, 0.6) is 11.5 Å². The number of carbonyl (C=O) groups excluding carboxylic acids is 3. The molecule has 3 amide bonds. The monoisotopic (exact) mass is 462 g/mol. The molecule has 8 heteroatoms. The summed E-state index contributed by atoms with van der Waals surface area (Å²) in [4.78, 5) is 38.5. The van der Waals surface area contributed by atoms with Crippen molar-refractivity contribution in [2.24, 2.45) is 0 Å². The minimum Gasteiger partial charge on any atom is -0.457 e. The van der Waals surface area contributed by atoms with Gasteiger partial charge in [0.05, 0.1) is 4.91 Å². The summed E-state index contributed by atoms with van der Waals surface area (Å²) in [6.45, 7) is 0.162. The van der Waals surface area contributed by atoms with Crippen LogP contribution < -0.4 is 10.1 Å². The highest BCUT2D eigenvalue weighted by Gasteiger charge is 2.34. The quantitative estimate of drug-likeness (QED) is 0.496. The number of rotatable bonds is 7. The van der Waals surface area contributed by atoms with Gasteiger partial charge in [0.2, 0.25) is 0 Å². The van der Waals surface area contributed by atoms with E-state index in [1.54, 1.807) is 30.3 Å². The van der Waals surface area contributed by atoms with Gasteiger partial charge in [-0.2, -0.15) is 0 Å². The van der Waals surface area contributed by atoms with Gasteiger partial charge in [-0.3, -0.25) is 19.3 Å². The number of thioether (sulfide) groups is 1. The van der Waals surface area contributed by atoms with Crippen molar-refractivity contribution < 1.29 is 23.5 Å². The lowest BCUT2D eigenvalue weighted by molar-refractivity contribution is -0.122. The summed E-state index contributed by atoms with van der Waals surface area (Å²) in [6.07, 6.45) is 1.54. The van der Waals surface area contributed by atoms with Crippen molar-refractivity contribution in [2.75, 3.05) is 13.1 Å². The summed E-state index contributed by atoms with van der Waals surface area (Å²) >= 11 is 0.816. The van der Waals surface area contributed by atoms with Gasteiger partial charge in [0, 0.05) is 18.7 Å². The van der Waals surface area contributed by atoms with E-state index in [9.17, 15) is 18.8 Å². The van der Waals surface area contributed by atoms with E-state index in [1.807, 2.05) is 30.3 Å². The van der Waals surface area contributed by atoms with Crippen molar-refractivity contribution in [2.45, 2.75) is 0 Å². The van der Waals surface area contributed by atoms with E-state index < -0.39 is 11.1 Å². The SMILES string of the molecule is O=C(NCCN1C(=O)S/C(=C\c2ccc(F)cc2)C1=O)c1ccc(Oc2ccccc2)cc1. The largest absolute Gasteiger partial charge is 0.457 e. The molecule has 1 fully saturated rings. The molecule has 1 heterocycles. The first kappa shape index (κ1) is 22.3. The van der Waals surface area contributed by atoms with Crippen LogP contribution in [0.2, 0.25) is 0 Å². The number of nitrogens with zero attached hydrogens (tertiary/aromatic N) is 1. The zero-order valence-corrected chi connectivity index (χ0v) is 18.2. The Balaban J connectivity index is 1.29. The van der Waals surface area contributed by atoms with Gasteiger partial charge in [-0.25, -0.2) is 4.39 Å². The third-order valence-electron chi connectivity index (χ3n) is 4.76. The van der Waals surface area contributed by atoms with Gasteiger partial charge >= 0.3 is 0 Å². The third kappa shape index (κ3) is 5.67. The Morgan fingerprint density at radius 2 is 1.61 bits per heavy atom. The van der Waals surface area contributed by atoms with Crippen molar-refractivity contribution in [3.63, 3.8) is 0 Å². The fourth-order valence-corrected chi connectivity index (χ4v) is 3.95. The van der Waals surface area contributed by atoms with E-state index in [0.717, 1.165) is 16.7 Å². The molecule has 0 spiro atoms. The molecule has 33 heavy (non-hydrogen) atoms. The minimum atomic E-state index is -0.439. The maximum atomic E-state index is 13.0. The minimum absolute atomic E-state index is 0.0480. The smallest absolute Gasteiger partial charge is 0.293 e. The molecule has 0 bridgehead atoms. The molecule has 0 atom stereocenters. The van der Waals surface area contributed by atoms with Gasteiger partial charge < -0.3 is 10.1 Å². The van der Waals surface area contributed by atoms with Crippen LogP contribution in [0.1, 0.15) is 15.9 Å². The van der Waals surface area contributed by atoms with Crippen LogP contribution in [0.4, 0.5) is 9.18 Å². The number of imide groups is 1. The summed E-state index contributed by atoms with van der Waals surface area (Å²) < 4.78 is 18.7. The first-order valence-corrected chi connectivity index (χ1v) is 10.9. The van der Waals surface area contributed by atoms with Crippen LogP contribution >= 0.6 is 11.8 Å². The highest BCUT2D eigenvalue weighted by Crippen LogP contribution is 2.32. The zero-order chi connectivity index (χ0) is 23.2. The molecule has 0 aliphatic carbocycles. The maximum absolute atomic E-state index is 13.0. The third-order valence-corrected chi connectivity index (χ3v) is 5.67. The predicted octanol–water partition coefficient (Wildman–Crippen LogP) is 5.08. The Morgan fingerprint density at radius 1 is 0.939 bits per heavy atom. The van der Waals surface area contributed by atoms with Crippen molar-refractivity contribution in [1.29, 1.82) is 0 Å². The second-order valence-corrected chi connectivity index (χ2v) is 8.07. The highest BCUT2D eigenvalue weighted by atomic mass is 32.2. The first-order valence-electron chi connectivity index (χ1n) is 10.1. The average Bonchev–Trinajstić information content (AvgIpc) is 3.09. The van der Waals surface area contributed by atoms with Crippen molar-refractivity contribution in [1.82, 2.24) is 10.2 Å². The molecular weight excluding hydrogens is 443 g/mol. The second kappa shape index (κ2) is 10.1. The molecule has 3 aromatic carbocycles. The van der Waals surface area contributed by atoms with E-state index in [0.29, 0.717) is 22.6 Å². The zero-order valence-electron chi connectivity index (χ0n) is 17.4. The lowest BCUT2D eigenvalue weighted by atomic mass is 10.2. The molecule has 0 radical (unpaired) electrons. The van der Waals surface area contributed by atoms with E-state index in [1.165, 1.54) is 24.3 Å². The lowest BCUT2D eigenvalue weighted by Crippen LogP contribution is -2.37. The van der Waals surface area contributed by atoms with Crippen LogP contribution in [0, 0.1) is 5.82 Å². The molecule has 1 aliphatic rings. The fourth-order valence-electron chi connectivity index (χ4n) is 3.09. The molecule has 0 unspecified atom stereocenters. The lowest BCUT2D eigenvalue weighted by Gasteiger charge is -2.13. The van der Waals surface area contributed by atoms with Gasteiger partial charge in [-0.05, 0) is 71.9 Å². The normalized spacial score (nSPS) is 14.6. The molecule has 6 nitrogen and oxygen atoms in total. The number of hydrogen-bond acceptors (Lipinski definition) is 5. The molecule has 166 valence electrons. The Kier molecular flexibility index (Phi) is 6.85. The number of para-hydroxylation sites is 1. The Labute approximate surface area is 194 Å². The Bertz CT molecular complexity index is 1200. The van der Waals surface area contributed by atoms with Crippen LogP contribution in [-0.2, 0) is 4.79 Å². The molecule has 1 aliphatic heterocycles. The molecular formula is C25H19FN2O4S. The fraction of sp³-hybridized carbons (Fsp3) is 0.0800. The second-order valence-electron chi connectivity index (χ2n) is 7.08. The maximum Gasteiger partial charge on any atom is 0.293 e. The van der Waals surface area contributed by atoms with E-state index >= 15 is 0 Å². The predicted molar refractivity (Wildman–Crippen MR) is 124 cm³/mol. The van der Waals surface area contributed by atoms with Crippen molar-refractivity contribution >= 4 is 34.9 Å². The van der Waals surface area contributed by atoms with E-state index in [4.69, 9.17) is 4.74 Å². The van der Waals surface area contributed by atoms with Gasteiger partial charge in [-0.15, -0.1) is 0 Å². The summed E-state index contributed by atoms with van der Waals surface area (Å²) in [5.74, 6) is 0.152. The summed E-state index contributed by atoms with van der Waals surface area (Å²) in [6, 6.07) is 21.6.